The van der Waals surface area contributed by atoms with E-state index >= 15 is 0 Å². The Hall–Kier alpha value is -1.62. The molecule has 0 saturated carbocycles. The molecule has 2 rings (SSSR count). The second kappa shape index (κ2) is 5.35. The SMILES string of the molecule is CCC(=O)OCC(C)c1cn2nc(Cl)ccc2n1. The van der Waals surface area contributed by atoms with E-state index in [4.69, 9.17) is 16.3 Å². The lowest BCUT2D eigenvalue weighted by Gasteiger charge is -2.08. The molecule has 0 spiro atoms. The minimum absolute atomic E-state index is 0.0287. The maximum Gasteiger partial charge on any atom is 0.305 e. The van der Waals surface area contributed by atoms with E-state index in [-0.39, 0.29) is 11.9 Å². The monoisotopic (exact) mass is 267 g/mol. The molecule has 0 aliphatic rings. The van der Waals surface area contributed by atoms with Gasteiger partial charge >= 0.3 is 5.97 Å². The topological polar surface area (TPSA) is 56.5 Å². The quantitative estimate of drug-likeness (QED) is 0.799. The van der Waals surface area contributed by atoms with Crippen molar-refractivity contribution in [2.75, 3.05) is 6.61 Å². The van der Waals surface area contributed by atoms with E-state index in [0.29, 0.717) is 18.2 Å². The normalized spacial score (nSPS) is 12.6. The van der Waals surface area contributed by atoms with Crippen molar-refractivity contribution in [1.29, 1.82) is 0 Å². The van der Waals surface area contributed by atoms with Crippen LogP contribution >= 0.6 is 11.6 Å². The zero-order valence-corrected chi connectivity index (χ0v) is 11.0. The van der Waals surface area contributed by atoms with Crippen LogP contribution in [-0.4, -0.2) is 27.2 Å². The van der Waals surface area contributed by atoms with Crippen LogP contribution in [0.2, 0.25) is 5.15 Å². The third-order valence-corrected chi connectivity index (χ3v) is 2.80. The van der Waals surface area contributed by atoms with Gasteiger partial charge in [-0.05, 0) is 12.1 Å². The van der Waals surface area contributed by atoms with E-state index < -0.39 is 0 Å². The molecular formula is C12H14ClN3O2. The number of rotatable bonds is 4. The molecule has 0 N–H and O–H groups in total. The molecule has 96 valence electrons. The van der Waals surface area contributed by atoms with Gasteiger partial charge < -0.3 is 4.74 Å². The number of imidazole rings is 1. The predicted molar refractivity (Wildman–Crippen MR) is 67.7 cm³/mol. The third kappa shape index (κ3) is 2.79. The van der Waals surface area contributed by atoms with Crippen molar-refractivity contribution in [1.82, 2.24) is 14.6 Å². The lowest BCUT2D eigenvalue weighted by atomic mass is 10.1. The fourth-order valence-electron chi connectivity index (χ4n) is 1.52. The molecule has 0 aliphatic carbocycles. The van der Waals surface area contributed by atoms with Crippen molar-refractivity contribution >= 4 is 23.2 Å². The Bertz CT molecular complexity index is 567. The summed E-state index contributed by atoms with van der Waals surface area (Å²) >= 11 is 5.80. The van der Waals surface area contributed by atoms with Crippen LogP contribution in [0.25, 0.3) is 5.65 Å². The van der Waals surface area contributed by atoms with Crippen LogP contribution in [0.3, 0.4) is 0 Å². The summed E-state index contributed by atoms with van der Waals surface area (Å²) in [5.74, 6) is -0.173. The highest BCUT2D eigenvalue weighted by Crippen LogP contribution is 2.16. The Balaban J connectivity index is 2.13. The standard InChI is InChI=1S/C12H14ClN3O2/c1-3-12(17)18-7-8(2)9-6-16-11(14-9)5-4-10(13)15-16/h4-6,8H,3,7H2,1-2H3. The average molecular weight is 268 g/mol. The number of hydrogen-bond acceptors (Lipinski definition) is 4. The summed E-state index contributed by atoms with van der Waals surface area (Å²) in [5, 5.41) is 4.52. The van der Waals surface area contributed by atoms with E-state index in [1.54, 1.807) is 29.8 Å². The lowest BCUT2D eigenvalue weighted by molar-refractivity contribution is -0.143. The van der Waals surface area contributed by atoms with Crippen LogP contribution < -0.4 is 0 Å². The van der Waals surface area contributed by atoms with E-state index in [0.717, 1.165) is 11.3 Å². The summed E-state index contributed by atoms with van der Waals surface area (Å²) < 4.78 is 6.71. The van der Waals surface area contributed by atoms with Crippen molar-refractivity contribution < 1.29 is 9.53 Å². The van der Waals surface area contributed by atoms with E-state index in [2.05, 4.69) is 10.1 Å². The molecule has 5 nitrogen and oxygen atoms in total. The predicted octanol–water partition coefficient (Wildman–Crippen LogP) is 2.44. The van der Waals surface area contributed by atoms with Gasteiger partial charge in [-0.25, -0.2) is 9.50 Å². The number of hydrogen-bond donors (Lipinski definition) is 0. The van der Waals surface area contributed by atoms with Gasteiger partial charge in [0.25, 0.3) is 0 Å². The molecule has 0 saturated heterocycles. The Morgan fingerprint density at radius 1 is 1.56 bits per heavy atom. The molecule has 0 bridgehead atoms. The first-order valence-electron chi connectivity index (χ1n) is 5.77. The molecule has 0 radical (unpaired) electrons. The van der Waals surface area contributed by atoms with Crippen LogP contribution in [0.1, 0.15) is 31.9 Å². The summed E-state index contributed by atoms with van der Waals surface area (Å²) in [7, 11) is 0. The third-order valence-electron chi connectivity index (χ3n) is 2.59. The fraction of sp³-hybridized carbons (Fsp3) is 0.417. The number of esters is 1. The first kappa shape index (κ1) is 12.8. The number of aromatic nitrogens is 3. The Labute approximate surface area is 110 Å². The van der Waals surface area contributed by atoms with Crippen LogP contribution in [0.5, 0.6) is 0 Å². The molecule has 0 amide bonds. The fourth-order valence-corrected chi connectivity index (χ4v) is 1.66. The molecule has 6 heteroatoms. The van der Waals surface area contributed by atoms with Gasteiger partial charge in [0.05, 0.1) is 18.5 Å². The van der Waals surface area contributed by atoms with Gasteiger partial charge in [0.2, 0.25) is 0 Å². The number of fused-ring (bicyclic) bond motifs is 1. The van der Waals surface area contributed by atoms with Crippen molar-refractivity contribution in [3.05, 3.63) is 29.2 Å². The first-order chi connectivity index (χ1) is 8.60. The summed E-state index contributed by atoms with van der Waals surface area (Å²) in [6.45, 7) is 4.04. The maximum atomic E-state index is 11.1. The van der Waals surface area contributed by atoms with E-state index in [9.17, 15) is 4.79 Å². The van der Waals surface area contributed by atoms with Gasteiger partial charge in [-0.1, -0.05) is 25.4 Å². The molecule has 2 aromatic rings. The van der Waals surface area contributed by atoms with Gasteiger partial charge in [0.1, 0.15) is 5.15 Å². The summed E-state index contributed by atoms with van der Waals surface area (Å²) in [4.78, 5) is 15.5. The molecule has 1 unspecified atom stereocenters. The van der Waals surface area contributed by atoms with Crippen molar-refractivity contribution in [2.24, 2.45) is 0 Å². The molecule has 0 aromatic carbocycles. The lowest BCUT2D eigenvalue weighted by Crippen LogP contribution is -2.10. The Morgan fingerprint density at radius 3 is 3.06 bits per heavy atom. The first-order valence-corrected chi connectivity index (χ1v) is 6.15. The van der Waals surface area contributed by atoms with E-state index in [1.807, 2.05) is 6.92 Å². The van der Waals surface area contributed by atoms with Gasteiger partial charge in [-0.2, -0.15) is 5.10 Å². The molecule has 18 heavy (non-hydrogen) atoms. The molecule has 1 atom stereocenters. The Kier molecular flexibility index (Phi) is 3.81. The van der Waals surface area contributed by atoms with Crippen LogP contribution in [0, 0.1) is 0 Å². The van der Waals surface area contributed by atoms with Crippen LogP contribution in [-0.2, 0) is 9.53 Å². The molecule has 0 fully saturated rings. The van der Waals surface area contributed by atoms with Crippen LogP contribution in [0.4, 0.5) is 0 Å². The van der Waals surface area contributed by atoms with Crippen molar-refractivity contribution in [3.8, 4) is 0 Å². The summed E-state index contributed by atoms with van der Waals surface area (Å²) in [6, 6.07) is 3.49. The maximum absolute atomic E-state index is 11.1. The zero-order chi connectivity index (χ0) is 13.1. The highest BCUT2D eigenvalue weighted by atomic mass is 35.5. The summed E-state index contributed by atoms with van der Waals surface area (Å²) in [6.07, 6.45) is 2.18. The number of ether oxygens (including phenoxy) is 1. The Morgan fingerprint density at radius 2 is 2.33 bits per heavy atom. The molecule has 2 aromatic heterocycles. The zero-order valence-electron chi connectivity index (χ0n) is 10.3. The minimum atomic E-state index is -0.202. The van der Waals surface area contributed by atoms with Crippen LogP contribution in [0.15, 0.2) is 18.3 Å². The highest BCUT2D eigenvalue weighted by molar-refractivity contribution is 6.29. The molecular weight excluding hydrogens is 254 g/mol. The minimum Gasteiger partial charge on any atom is -0.465 e. The van der Waals surface area contributed by atoms with Gasteiger partial charge in [0, 0.05) is 12.3 Å². The number of halogens is 1. The van der Waals surface area contributed by atoms with Crippen molar-refractivity contribution in [2.45, 2.75) is 26.2 Å². The second-order valence-corrected chi connectivity index (χ2v) is 4.45. The number of nitrogens with zero attached hydrogens (tertiary/aromatic N) is 3. The number of carbonyl (C=O) groups is 1. The van der Waals surface area contributed by atoms with Gasteiger partial charge in [-0.15, -0.1) is 0 Å². The van der Waals surface area contributed by atoms with Gasteiger partial charge in [0.15, 0.2) is 5.65 Å². The second-order valence-electron chi connectivity index (χ2n) is 4.06. The van der Waals surface area contributed by atoms with Gasteiger partial charge in [-0.3, -0.25) is 4.79 Å². The highest BCUT2D eigenvalue weighted by Gasteiger charge is 2.13. The molecule has 2 heterocycles. The number of carbonyl (C=O) groups excluding carboxylic acids is 1. The smallest absolute Gasteiger partial charge is 0.305 e. The largest absolute Gasteiger partial charge is 0.465 e. The van der Waals surface area contributed by atoms with Crippen molar-refractivity contribution in [3.63, 3.8) is 0 Å². The molecule has 0 aliphatic heterocycles. The van der Waals surface area contributed by atoms with E-state index in [1.165, 1.54) is 0 Å². The summed E-state index contributed by atoms with van der Waals surface area (Å²) in [5.41, 5.74) is 1.55. The average Bonchev–Trinajstić information content (AvgIpc) is 2.78.